The molecule has 6 nitrogen and oxygen atoms in total. The number of methoxy groups -OCH3 is 2. The lowest BCUT2D eigenvalue weighted by Crippen LogP contribution is -2.28. The van der Waals surface area contributed by atoms with Gasteiger partial charge in [0.05, 0.1) is 19.9 Å². The van der Waals surface area contributed by atoms with Gasteiger partial charge in [-0.25, -0.2) is 4.98 Å². The predicted octanol–water partition coefficient (Wildman–Crippen LogP) is 1.92. The smallest absolute Gasteiger partial charge is 0.161 e. The number of hydrogen-bond donors (Lipinski definition) is 2. The number of nitrogens with two attached hydrogens (primary N) is 2. The molecule has 0 saturated heterocycles. The molecule has 0 amide bonds. The van der Waals surface area contributed by atoms with Crippen molar-refractivity contribution in [3.05, 3.63) is 29.5 Å². The minimum absolute atomic E-state index is 0.387. The van der Waals surface area contributed by atoms with Crippen LogP contribution in [-0.2, 0) is 13.0 Å². The fourth-order valence-electron chi connectivity index (χ4n) is 3.05. The van der Waals surface area contributed by atoms with Crippen LogP contribution in [0.5, 0.6) is 11.5 Å². The van der Waals surface area contributed by atoms with E-state index in [0.717, 1.165) is 41.9 Å². The summed E-state index contributed by atoms with van der Waals surface area (Å²) >= 11 is 0. The number of likely N-dealkylation sites (N-methyl/N-ethyl adjacent to an activating group) is 1. The maximum absolute atomic E-state index is 6.27. The highest BCUT2D eigenvalue weighted by molar-refractivity contribution is 5.86. The molecule has 6 heteroatoms. The molecule has 2 aromatic rings. The van der Waals surface area contributed by atoms with Gasteiger partial charge in [0.15, 0.2) is 11.5 Å². The van der Waals surface area contributed by atoms with E-state index in [1.165, 1.54) is 0 Å². The third-order valence-corrected chi connectivity index (χ3v) is 4.28. The van der Waals surface area contributed by atoms with E-state index in [1.54, 1.807) is 14.2 Å². The van der Waals surface area contributed by atoms with Crippen LogP contribution in [0.1, 0.15) is 11.3 Å². The lowest BCUT2D eigenvalue weighted by molar-refractivity contribution is 0.310. The zero-order valence-corrected chi connectivity index (χ0v) is 13.7. The highest BCUT2D eigenvalue weighted by Crippen LogP contribution is 2.40. The lowest BCUT2D eigenvalue weighted by Gasteiger charge is -2.28. The van der Waals surface area contributed by atoms with Crippen molar-refractivity contribution in [1.82, 2.24) is 9.88 Å². The van der Waals surface area contributed by atoms with Gasteiger partial charge in [-0.05, 0) is 30.3 Å². The van der Waals surface area contributed by atoms with E-state index in [2.05, 4.69) is 16.9 Å². The molecule has 23 heavy (non-hydrogen) atoms. The van der Waals surface area contributed by atoms with E-state index in [9.17, 15) is 0 Å². The Balaban J connectivity index is 2.21. The van der Waals surface area contributed by atoms with E-state index in [0.29, 0.717) is 23.0 Å². The van der Waals surface area contributed by atoms with Crippen LogP contribution >= 0.6 is 0 Å². The topological polar surface area (TPSA) is 86.6 Å². The Labute approximate surface area is 136 Å². The maximum Gasteiger partial charge on any atom is 0.161 e. The molecule has 1 aromatic carbocycles. The van der Waals surface area contributed by atoms with Crippen molar-refractivity contribution in [2.75, 3.05) is 39.3 Å². The first-order valence-corrected chi connectivity index (χ1v) is 7.52. The molecule has 2 heterocycles. The van der Waals surface area contributed by atoms with Crippen LogP contribution in [0.25, 0.3) is 11.1 Å². The highest BCUT2D eigenvalue weighted by Gasteiger charge is 2.23. The quantitative estimate of drug-likeness (QED) is 0.900. The Morgan fingerprint density at radius 3 is 2.57 bits per heavy atom. The lowest BCUT2D eigenvalue weighted by atomic mass is 9.93. The molecule has 0 saturated carbocycles. The molecule has 0 unspecified atom stereocenters. The van der Waals surface area contributed by atoms with Crippen molar-refractivity contribution in [2.45, 2.75) is 13.0 Å². The van der Waals surface area contributed by atoms with Crippen molar-refractivity contribution >= 4 is 11.5 Å². The summed E-state index contributed by atoms with van der Waals surface area (Å²) in [6, 6.07) is 5.78. The first kappa shape index (κ1) is 15.4. The standard InChI is InChI=1S/C17H22N4O2/c1-21-7-6-12-11(9-21)15(16(18)17(19)20-12)10-4-5-13(22-2)14(8-10)23-3/h4-5,8H,6-7,9,18H2,1-3H3,(H2,19,20). The summed E-state index contributed by atoms with van der Waals surface area (Å²) in [5.41, 5.74) is 16.9. The van der Waals surface area contributed by atoms with Crippen LogP contribution in [0.15, 0.2) is 18.2 Å². The third-order valence-electron chi connectivity index (χ3n) is 4.28. The molecule has 1 aliphatic rings. The number of nitrogens with zero attached hydrogens (tertiary/aromatic N) is 2. The zero-order chi connectivity index (χ0) is 16.6. The molecule has 0 aliphatic carbocycles. The molecular formula is C17H22N4O2. The van der Waals surface area contributed by atoms with E-state index in [1.807, 2.05) is 18.2 Å². The van der Waals surface area contributed by atoms with Crippen molar-refractivity contribution in [2.24, 2.45) is 0 Å². The van der Waals surface area contributed by atoms with Crippen LogP contribution in [0, 0.1) is 0 Å². The Morgan fingerprint density at radius 2 is 1.87 bits per heavy atom. The van der Waals surface area contributed by atoms with Crippen molar-refractivity contribution in [1.29, 1.82) is 0 Å². The van der Waals surface area contributed by atoms with E-state index in [4.69, 9.17) is 20.9 Å². The molecular weight excluding hydrogens is 292 g/mol. The second kappa shape index (κ2) is 5.96. The van der Waals surface area contributed by atoms with Crippen LogP contribution in [0.4, 0.5) is 11.5 Å². The van der Waals surface area contributed by atoms with Crippen LogP contribution < -0.4 is 20.9 Å². The number of benzene rings is 1. The zero-order valence-electron chi connectivity index (χ0n) is 13.7. The van der Waals surface area contributed by atoms with Crippen molar-refractivity contribution in [3.8, 4) is 22.6 Å². The van der Waals surface area contributed by atoms with Gasteiger partial charge in [0.25, 0.3) is 0 Å². The summed E-state index contributed by atoms with van der Waals surface area (Å²) in [6.45, 7) is 1.77. The fourth-order valence-corrected chi connectivity index (χ4v) is 3.05. The molecule has 0 fully saturated rings. The molecule has 0 atom stereocenters. The predicted molar refractivity (Wildman–Crippen MR) is 91.6 cm³/mol. The van der Waals surface area contributed by atoms with Crippen molar-refractivity contribution in [3.63, 3.8) is 0 Å². The molecule has 4 N–H and O–H groups in total. The first-order chi connectivity index (χ1) is 11.0. The number of aromatic nitrogens is 1. The van der Waals surface area contributed by atoms with Crippen LogP contribution in [0.3, 0.4) is 0 Å². The average molecular weight is 314 g/mol. The van der Waals surface area contributed by atoms with Gasteiger partial charge in [0.1, 0.15) is 5.82 Å². The van der Waals surface area contributed by atoms with Gasteiger partial charge >= 0.3 is 0 Å². The number of pyridine rings is 1. The first-order valence-electron chi connectivity index (χ1n) is 7.52. The van der Waals surface area contributed by atoms with E-state index >= 15 is 0 Å². The normalized spacial score (nSPS) is 14.4. The Morgan fingerprint density at radius 1 is 1.13 bits per heavy atom. The second-order valence-electron chi connectivity index (χ2n) is 5.77. The van der Waals surface area contributed by atoms with E-state index in [-0.39, 0.29) is 0 Å². The van der Waals surface area contributed by atoms with Gasteiger partial charge in [-0.15, -0.1) is 0 Å². The maximum atomic E-state index is 6.27. The molecule has 122 valence electrons. The number of anilines is 2. The summed E-state index contributed by atoms with van der Waals surface area (Å²) in [7, 11) is 5.33. The fraction of sp³-hybridized carbons (Fsp3) is 0.353. The average Bonchev–Trinajstić information content (AvgIpc) is 2.56. The number of rotatable bonds is 3. The highest BCUT2D eigenvalue weighted by atomic mass is 16.5. The SMILES string of the molecule is COc1ccc(-c2c(N)c(N)nc3c2CN(C)CC3)cc1OC. The summed E-state index contributed by atoms with van der Waals surface area (Å²) in [4.78, 5) is 6.73. The molecule has 1 aromatic heterocycles. The third kappa shape index (κ3) is 2.66. The number of ether oxygens (including phenoxy) is 2. The van der Waals surface area contributed by atoms with Gasteiger partial charge in [-0.1, -0.05) is 6.07 Å². The van der Waals surface area contributed by atoms with E-state index < -0.39 is 0 Å². The minimum Gasteiger partial charge on any atom is -0.493 e. The second-order valence-corrected chi connectivity index (χ2v) is 5.77. The van der Waals surface area contributed by atoms with Gasteiger partial charge < -0.3 is 25.8 Å². The molecule has 0 spiro atoms. The minimum atomic E-state index is 0.387. The van der Waals surface area contributed by atoms with Crippen LogP contribution in [0.2, 0.25) is 0 Å². The summed E-state index contributed by atoms with van der Waals surface area (Å²) in [6.07, 6.45) is 0.872. The summed E-state index contributed by atoms with van der Waals surface area (Å²) in [5, 5.41) is 0. The van der Waals surface area contributed by atoms with Crippen LogP contribution in [-0.4, -0.2) is 37.7 Å². The number of hydrogen-bond acceptors (Lipinski definition) is 6. The molecule has 1 aliphatic heterocycles. The Kier molecular flexibility index (Phi) is 4.00. The van der Waals surface area contributed by atoms with Crippen molar-refractivity contribution < 1.29 is 9.47 Å². The largest absolute Gasteiger partial charge is 0.493 e. The molecule has 0 bridgehead atoms. The van der Waals surface area contributed by atoms with Gasteiger partial charge in [0, 0.05) is 30.8 Å². The molecule has 0 radical (unpaired) electrons. The molecule has 3 rings (SSSR count). The monoisotopic (exact) mass is 314 g/mol. The number of fused-ring (bicyclic) bond motifs is 1. The van der Waals surface area contributed by atoms with Gasteiger partial charge in [0.2, 0.25) is 0 Å². The van der Waals surface area contributed by atoms with Gasteiger partial charge in [-0.2, -0.15) is 0 Å². The Hall–Kier alpha value is -2.47. The Bertz CT molecular complexity index is 746. The number of nitrogen functional groups attached to an aromatic ring is 2. The summed E-state index contributed by atoms with van der Waals surface area (Å²) < 4.78 is 10.7. The van der Waals surface area contributed by atoms with Gasteiger partial charge in [-0.3, -0.25) is 0 Å². The summed E-state index contributed by atoms with van der Waals surface area (Å²) in [5.74, 6) is 1.73.